The van der Waals surface area contributed by atoms with E-state index in [9.17, 15) is 0 Å². The van der Waals surface area contributed by atoms with Crippen molar-refractivity contribution in [1.82, 2.24) is 15.2 Å². The van der Waals surface area contributed by atoms with Crippen LogP contribution in [0.15, 0.2) is 24.4 Å². The van der Waals surface area contributed by atoms with Crippen LogP contribution in [0.1, 0.15) is 26.5 Å². The van der Waals surface area contributed by atoms with Crippen LogP contribution in [0.25, 0.3) is 0 Å². The quantitative estimate of drug-likeness (QED) is 0.762. The van der Waals surface area contributed by atoms with Gasteiger partial charge in [0.25, 0.3) is 0 Å². The summed E-state index contributed by atoms with van der Waals surface area (Å²) in [5, 5.41) is 3.43. The van der Waals surface area contributed by atoms with E-state index < -0.39 is 0 Å². The van der Waals surface area contributed by atoms with Gasteiger partial charge in [0.15, 0.2) is 0 Å². The summed E-state index contributed by atoms with van der Waals surface area (Å²) in [6, 6.07) is 6.62. The van der Waals surface area contributed by atoms with Crippen LogP contribution in [0.4, 0.5) is 0 Å². The highest BCUT2D eigenvalue weighted by Gasteiger charge is 2.08. The summed E-state index contributed by atoms with van der Waals surface area (Å²) >= 11 is 0. The number of aromatic nitrogens is 1. The van der Waals surface area contributed by atoms with Gasteiger partial charge < -0.3 is 5.32 Å². The summed E-state index contributed by atoms with van der Waals surface area (Å²) in [4.78, 5) is 6.77. The lowest BCUT2D eigenvalue weighted by Crippen LogP contribution is -2.38. The maximum Gasteiger partial charge on any atom is 0.0543 e. The van der Waals surface area contributed by atoms with Gasteiger partial charge in [0.2, 0.25) is 0 Å². The molecule has 3 heteroatoms. The molecule has 1 aromatic heterocycles. The van der Waals surface area contributed by atoms with Crippen LogP contribution in [0, 0.1) is 0 Å². The average molecular weight is 221 g/mol. The Morgan fingerprint density at radius 3 is 2.75 bits per heavy atom. The summed E-state index contributed by atoms with van der Waals surface area (Å²) in [6.45, 7) is 10.7. The first kappa shape index (κ1) is 13.1. The molecule has 0 spiro atoms. The van der Waals surface area contributed by atoms with Crippen molar-refractivity contribution in [3.63, 3.8) is 0 Å². The molecule has 1 unspecified atom stereocenters. The van der Waals surface area contributed by atoms with E-state index in [0.29, 0.717) is 6.04 Å². The van der Waals surface area contributed by atoms with Gasteiger partial charge in [-0.2, -0.15) is 0 Å². The minimum Gasteiger partial charge on any atom is -0.313 e. The molecule has 0 aliphatic heterocycles. The molecule has 90 valence electrons. The highest BCUT2D eigenvalue weighted by molar-refractivity contribution is 5.03. The summed E-state index contributed by atoms with van der Waals surface area (Å²) < 4.78 is 0. The van der Waals surface area contributed by atoms with Crippen LogP contribution in [0.3, 0.4) is 0 Å². The second kappa shape index (κ2) is 7.36. The molecule has 1 atom stereocenters. The largest absolute Gasteiger partial charge is 0.313 e. The van der Waals surface area contributed by atoms with E-state index in [1.54, 1.807) is 0 Å². The van der Waals surface area contributed by atoms with Crippen LogP contribution in [0.5, 0.6) is 0 Å². The van der Waals surface area contributed by atoms with E-state index in [0.717, 1.165) is 31.9 Å². The number of hydrogen-bond acceptors (Lipinski definition) is 3. The molecule has 0 amide bonds. The molecule has 1 aromatic rings. The fourth-order valence-electron chi connectivity index (χ4n) is 1.83. The summed E-state index contributed by atoms with van der Waals surface area (Å²) in [5.41, 5.74) is 1.15. The van der Waals surface area contributed by atoms with Gasteiger partial charge in [-0.25, -0.2) is 0 Å². The number of pyridine rings is 1. The zero-order valence-electron chi connectivity index (χ0n) is 10.6. The smallest absolute Gasteiger partial charge is 0.0543 e. The molecular formula is C13H23N3. The Hall–Kier alpha value is -0.930. The van der Waals surface area contributed by atoms with Gasteiger partial charge in [0, 0.05) is 25.3 Å². The Kier molecular flexibility index (Phi) is 6.04. The normalized spacial score (nSPS) is 13.0. The predicted molar refractivity (Wildman–Crippen MR) is 68.3 cm³/mol. The zero-order valence-corrected chi connectivity index (χ0v) is 10.6. The molecule has 0 fully saturated rings. The second-order valence-corrected chi connectivity index (χ2v) is 4.11. The monoisotopic (exact) mass is 221 g/mol. The number of rotatable bonds is 7. The minimum absolute atomic E-state index is 0.536. The predicted octanol–water partition coefficient (Wildman–Crippen LogP) is 1.90. The van der Waals surface area contributed by atoms with E-state index in [2.05, 4.69) is 42.0 Å². The van der Waals surface area contributed by atoms with E-state index in [1.165, 1.54) is 0 Å². The van der Waals surface area contributed by atoms with E-state index >= 15 is 0 Å². The highest BCUT2D eigenvalue weighted by atomic mass is 15.1. The van der Waals surface area contributed by atoms with Crippen LogP contribution >= 0.6 is 0 Å². The van der Waals surface area contributed by atoms with Crippen molar-refractivity contribution in [1.29, 1.82) is 0 Å². The van der Waals surface area contributed by atoms with Crippen molar-refractivity contribution in [2.24, 2.45) is 0 Å². The van der Waals surface area contributed by atoms with Crippen molar-refractivity contribution >= 4 is 0 Å². The molecule has 1 rings (SSSR count). The Bertz CT molecular complexity index is 274. The lowest BCUT2D eigenvalue weighted by atomic mass is 10.2. The molecule has 0 saturated carbocycles. The van der Waals surface area contributed by atoms with Crippen molar-refractivity contribution in [3.8, 4) is 0 Å². The first-order valence-electron chi connectivity index (χ1n) is 6.11. The molecule has 1 heterocycles. The maximum atomic E-state index is 4.36. The van der Waals surface area contributed by atoms with Crippen LogP contribution in [0.2, 0.25) is 0 Å². The van der Waals surface area contributed by atoms with Gasteiger partial charge in [-0.05, 0) is 32.1 Å². The topological polar surface area (TPSA) is 28.2 Å². The SMILES string of the molecule is CCNC(C)CN(CC)Cc1ccccn1. The molecule has 3 nitrogen and oxygen atoms in total. The van der Waals surface area contributed by atoms with Gasteiger partial charge in [-0.15, -0.1) is 0 Å². The van der Waals surface area contributed by atoms with Crippen LogP contribution in [-0.2, 0) is 6.54 Å². The highest BCUT2D eigenvalue weighted by Crippen LogP contribution is 2.01. The molecule has 1 N–H and O–H groups in total. The first-order valence-corrected chi connectivity index (χ1v) is 6.11. The molecular weight excluding hydrogens is 198 g/mol. The number of hydrogen-bond donors (Lipinski definition) is 1. The third-order valence-electron chi connectivity index (χ3n) is 2.64. The lowest BCUT2D eigenvalue weighted by molar-refractivity contribution is 0.249. The van der Waals surface area contributed by atoms with Crippen molar-refractivity contribution in [2.45, 2.75) is 33.4 Å². The third kappa shape index (κ3) is 4.73. The molecule has 0 bridgehead atoms. The van der Waals surface area contributed by atoms with Crippen LogP contribution < -0.4 is 5.32 Å². The molecule has 16 heavy (non-hydrogen) atoms. The zero-order chi connectivity index (χ0) is 11.8. The third-order valence-corrected chi connectivity index (χ3v) is 2.64. The molecule has 0 saturated heterocycles. The van der Waals surface area contributed by atoms with Gasteiger partial charge >= 0.3 is 0 Å². The Labute approximate surface area is 98.9 Å². The number of nitrogens with one attached hydrogen (secondary N) is 1. The van der Waals surface area contributed by atoms with E-state index in [4.69, 9.17) is 0 Å². The summed E-state index contributed by atoms with van der Waals surface area (Å²) in [5.74, 6) is 0. The fourth-order valence-corrected chi connectivity index (χ4v) is 1.83. The minimum atomic E-state index is 0.536. The van der Waals surface area contributed by atoms with Crippen LogP contribution in [-0.4, -0.2) is 35.6 Å². The summed E-state index contributed by atoms with van der Waals surface area (Å²) in [7, 11) is 0. The Morgan fingerprint density at radius 2 is 2.19 bits per heavy atom. The lowest BCUT2D eigenvalue weighted by Gasteiger charge is -2.24. The average Bonchev–Trinajstić information content (AvgIpc) is 2.30. The maximum absolute atomic E-state index is 4.36. The van der Waals surface area contributed by atoms with Crippen molar-refractivity contribution in [2.75, 3.05) is 19.6 Å². The standard InChI is InChI=1S/C13H23N3/c1-4-14-12(3)10-16(5-2)11-13-8-6-7-9-15-13/h6-9,12,14H,4-5,10-11H2,1-3H3. The number of nitrogens with zero attached hydrogens (tertiary/aromatic N) is 2. The van der Waals surface area contributed by atoms with Gasteiger partial charge in [-0.1, -0.05) is 19.9 Å². The van der Waals surface area contributed by atoms with E-state index in [1.807, 2.05) is 18.3 Å². The van der Waals surface area contributed by atoms with Gasteiger partial charge in [-0.3, -0.25) is 9.88 Å². The number of likely N-dealkylation sites (N-methyl/N-ethyl adjacent to an activating group) is 2. The Morgan fingerprint density at radius 1 is 1.38 bits per heavy atom. The summed E-state index contributed by atoms with van der Waals surface area (Å²) in [6.07, 6.45) is 1.86. The Balaban J connectivity index is 2.43. The van der Waals surface area contributed by atoms with Gasteiger partial charge in [0.1, 0.15) is 0 Å². The molecule has 0 aliphatic carbocycles. The van der Waals surface area contributed by atoms with Crippen molar-refractivity contribution < 1.29 is 0 Å². The first-order chi connectivity index (χ1) is 7.76. The molecule has 0 aromatic carbocycles. The van der Waals surface area contributed by atoms with Crippen molar-refractivity contribution in [3.05, 3.63) is 30.1 Å². The second-order valence-electron chi connectivity index (χ2n) is 4.11. The molecule has 0 aliphatic rings. The fraction of sp³-hybridized carbons (Fsp3) is 0.615. The van der Waals surface area contributed by atoms with E-state index in [-0.39, 0.29) is 0 Å². The molecule has 0 radical (unpaired) electrons. The van der Waals surface area contributed by atoms with Gasteiger partial charge in [0.05, 0.1) is 5.69 Å².